The molecule has 0 aliphatic rings. The van der Waals surface area contributed by atoms with Gasteiger partial charge >= 0.3 is 0 Å². The highest BCUT2D eigenvalue weighted by Gasteiger charge is 2.12. The van der Waals surface area contributed by atoms with Gasteiger partial charge < -0.3 is 10.1 Å². The van der Waals surface area contributed by atoms with Crippen LogP contribution in [0.25, 0.3) is 0 Å². The SMILES string of the molecule is CNCc1cccc(Oc2ncc([N+](=O)[O-])cc2Br)c1. The van der Waals surface area contributed by atoms with Gasteiger partial charge in [-0.25, -0.2) is 4.98 Å². The molecule has 0 atom stereocenters. The molecule has 0 aliphatic carbocycles. The van der Waals surface area contributed by atoms with Gasteiger partial charge in [-0.05, 0) is 40.7 Å². The third kappa shape index (κ3) is 3.52. The van der Waals surface area contributed by atoms with Crippen molar-refractivity contribution in [1.82, 2.24) is 10.3 Å². The van der Waals surface area contributed by atoms with Gasteiger partial charge in [-0.15, -0.1) is 0 Å². The summed E-state index contributed by atoms with van der Waals surface area (Å²) in [5.41, 5.74) is 0.983. The van der Waals surface area contributed by atoms with Crippen molar-refractivity contribution in [2.45, 2.75) is 6.54 Å². The number of pyridine rings is 1. The summed E-state index contributed by atoms with van der Waals surface area (Å²) in [6.45, 7) is 0.728. The summed E-state index contributed by atoms with van der Waals surface area (Å²) >= 11 is 3.22. The molecule has 0 radical (unpaired) electrons. The first-order valence-electron chi connectivity index (χ1n) is 5.81. The second-order valence-corrected chi connectivity index (χ2v) is 4.87. The van der Waals surface area contributed by atoms with Crippen LogP contribution in [0.4, 0.5) is 5.69 Å². The zero-order valence-corrected chi connectivity index (χ0v) is 12.3. The van der Waals surface area contributed by atoms with E-state index in [1.807, 2.05) is 25.2 Å². The molecule has 104 valence electrons. The Labute approximate surface area is 124 Å². The molecule has 6 nitrogen and oxygen atoms in total. The Hall–Kier alpha value is -1.99. The number of nitrogens with zero attached hydrogens (tertiary/aromatic N) is 2. The van der Waals surface area contributed by atoms with E-state index in [0.29, 0.717) is 10.2 Å². The maximum atomic E-state index is 10.6. The van der Waals surface area contributed by atoms with E-state index >= 15 is 0 Å². The maximum Gasteiger partial charge on any atom is 0.288 e. The van der Waals surface area contributed by atoms with E-state index in [1.165, 1.54) is 6.07 Å². The smallest absolute Gasteiger partial charge is 0.288 e. The standard InChI is InChI=1S/C13H12BrN3O3/c1-15-7-9-3-2-4-11(5-9)20-13-12(14)6-10(8-16-13)17(18)19/h2-6,8,15H,7H2,1H3. The molecule has 0 aliphatic heterocycles. The van der Waals surface area contributed by atoms with Gasteiger partial charge in [-0.2, -0.15) is 0 Å². The molecule has 1 aromatic carbocycles. The number of halogens is 1. The zero-order valence-electron chi connectivity index (χ0n) is 10.7. The van der Waals surface area contributed by atoms with Crippen LogP contribution in [0.2, 0.25) is 0 Å². The van der Waals surface area contributed by atoms with Crippen LogP contribution in [0.5, 0.6) is 11.6 Å². The average Bonchev–Trinajstić information content (AvgIpc) is 2.42. The highest BCUT2D eigenvalue weighted by atomic mass is 79.9. The molecular formula is C13H12BrN3O3. The summed E-state index contributed by atoms with van der Waals surface area (Å²) < 4.78 is 6.06. The third-order valence-corrected chi connectivity index (χ3v) is 3.07. The molecule has 0 unspecified atom stereocenters. The number of hydrogen-bond acceptors (Lipinski definition) is 5. The minimum atomic E-state index is -0.505. The van der Waals surface area contributed by atoms with Gasteiger partial charge in [0.05, 0.1) is 9.40 Å². The zero-order chi connectivity index (χ0) is 14.5. The van der Waals surface area contributed by atoms with Crippen molar-refractivity contribution in [3.63, 3.8) is 0 Å². The van der Waals surface area contributed by atoms with Crippen molar-refractivity contribution in [3.05, 3.63) is 56.7 Å². The fourth-order valence-electron chi connectivity index (χ4n) is 1.62. The first kappa shape index (κ1) is 14.4. The molecule has 1 N–H and O–H groups in total. The Morgan fingerprint density at radius 1 is 1.45 bits per heavy atom. The van der Waals surface area contributed by atoms with E-state index < -0.39 is 4.92 Å². The number of aromatic nitrogens is 1. The highest BCUT2D eigenvalue weighted by molar-refractivity contribution is 9.10. The van der Waals surface area contributed by atoms with Gasteiger partial charge in [0.1, 0.15) is 11.9 Å². The van der Waals surface area contributed by atoms with Crippen LogP contribution in [0.3, 0.4) is 0 Å². The Balaban J connectivity index is 2.21. The topological polar surface area (TPSA) is 77.3 Å². The maximum absolute atomic E-state index is 10.6. The van der Waals surface area contributed by atoms with Gasteiger partial charge in [0.2, 0.25) is 5.88 Å². The first-order valence-corrected chi connectivity index (χ1v) is 6.61. The van der Waals surface area contributed by atoms with Crippen molar-refractivity contribution in [2.24, 2.45) is 0 Å². The van der Waals surface area contributed by atoms with Gasteiger partial charge in [0, 0.05) is 12.6 Å². The summed E-state index contributed by atoms with van der Waals surface area (Å²) in [5.74, 6) is 0.914. The number of rotatable bonds is 5. The Bertz CT molecular complexity index is 634. The fourth-order valence-corrected chi connectivity index (χ4v) is 2.04. The van der Waals surface area contributed by atoms with Gasteiger partial charge in [0.25, 0.3) is 5.69 Å². The molecule has 2 aromatic rings. The van der Waals surface area contributed by atoms with Gasteiger partial charge in [-0.3, -0.25) is 10.1 Å². The number of benzene rings is 1. The van der Waals surface area contributed by atoms with Gasteiger partial charge in [0.15, 0.2) is 0 Å². The Morgan fingerprint density at radius 2 is 2.25 bits per heavy atom. The summed E-state index contributed by atoms with van der Waals surface area (Å²) in [5, 5.41) is 13.7. The lowest BCUT2D eigenvalue weighted by molar-refractivity contribution is -0.385. The second-order valence-electron chi connectivity index (χ2n) is 4.02. The molecule has 7 heteroatoms. The molecule has 0 spiro atoms. The Kier molecular flexibility index (Phi) is 4.65. The van der Waals surface area contributed by atoms with Crippen LogP contribution in [-0.4, -0.2) is 17.0 Å². The van der Waals surface area contributed by atoms with Gasteiger partial charge in [-0.1, -0.05) is 12.1 Å². The average molecular weight is 338 g/mol. The minimum Gasteiger partial charge on any atom is -0.438 e. The number of nitrogens with one attached hydrogen (secondary N) is 1. The molecule has 0 amide bonds. The van der Waals surface area contributed by atoms with Crippen LogP contribution in [-0.2, 0) is 6.54 Å². The van der Waals surface area contributed by atoms with Crippen LogP contribution < -0.4 is 10.1 Å². The molecule has 0 fully saturated rings. The summed E-state index contributed by atoms with van der Waals surface area (Å²) in [7, 11) is 1.86. The third-order valence-electron chi connectivity index (χ3n) is 2.50. The van der Waals surface area contributed by atoms with Crippen molar-refractivity contribution in [1.29, 1.82) is 0 Å². The predicted octanol–water partition coefficient (Wildman–Crippen LogP) is 3.26. The van der Waals surface area contributed by atoms with Crippen molar-refractivity contribution >= 4 is 21.6 Å². The molecule has 0 bridgehead atoms. The monoisotopic (exact) mass is 337 g/mol. The van der Waals surface area contributed by atoms with E-state index in [4.69, 9.17) is 4.74 Å². The van der Waals surface area contributed by atoms with Crippen LogP contribution >= 0.6 is 15.9 Å². The van der Waals surface area contributed by atoms with Crippen molar-refractivity contribution in [3.8, 4) is 11.6 Å². The van der Waals surface area contributed by atoms with Crippen LogP contribution in [0.15, 0.2) is 41.0 Å². The highest BCUT2D eigenvalue weighted by Crippen LogP contribution is 2.30. The van der Waals surface area contributed by atoms with E-state index in [-0.39, 0.29) is 11.6 Å². The lowest BCUT2D eigenvalue weighted by atomic mass is 10.2. The van der Waals surface area contributed by atoms with Crippen molar-refractivity contribution in [2.75, 3.05) is 7.05 Å². The normalized spacial score (nSPS) is 10.3. The molecule has 1 heterocycles. The molecule has 2 rings (SSSR count). The number of nitro groups is 1. The minimum absolute atomic E-state index is 0.0897. The molecular weight excluding hydrogens is 326 g/mol. The number of hydrogen-bond donors (Lipinski definition) is 1. The van der Waals surface area contributed by atoms with E-state index in [2.05, 4.69) is 26.2 Å². The summed E-state index contributed by atoms with van der Waals surface area (Å²) in [4.78, 5) is 14.1. The molecule has 0 saturated carbocycles. The lowest BCUT2D eigenvalue weighted by Gasteiger charge is -2.08. The molecule has 0 saturated heterocycles. The van der Waals surface area contributed by atoms with Crippen LogP contribution in [0.1, 0.15) is 5.56 Å². The predicted molar refractivity (Wildman–Crippen MR) is 77.9 cm³/mol. The lowest BCUT2D eigenvalue weighted by Crippen LogP contribution is -2.04. The molecule has 20 heavy (non-hydrogen) atoms. The second kappa shape index (κ2) is 6.44. The van der Waals surface area contributed by atoms with E-state index in [9.17, 15) is 10.1 Å². The fraction of sp³-hybridized carbons (Fsp3) is 0.154. The van der Waals surface area contributed by atoms with Crippen LogP contribution in [0, 0.1) is 10.1 Å². The number of ether oxygens (including phenoxy) is 1. The quantitative estimate of drug-likeness (QED) is 0.669. The first-order chi connectivity index (χ1) is 9.60. The summed E-state index contributed by atoms with van der Waals surface area (Å²) in [6.07, 6.45) is 1.16. The largest absolute Gasteiger partial charge is 0.438 e. The Morgan fingerprint density at radius 3 is 2.90 bits per heavy atom. The molecule has 1 aromatic heterocycles. The van der Waals surface area contributed by atoms with Crippen molar-refractivity contribution < 1.29 is 9.66 Å². The van der Waals surface area contributed by atoms with E-state index in [0.717, 1.165) is 18.3 Å². The summed E-state index contributed by atoms with van der Waals surface area (Å²) in [6, 6.07) is 8.89. The van der Waals surface area contributed by atoms with E-state index in [1.54, 1.807) is 6.07 Å².